The number of benzene rings is 1. The zero-order valence-corrected chi connectivity index (χ0v) is 11.1. The highest BCUT2D eigenvalue weighted by molar-refractivity contribution is 7.99. The van der Waals surface area contributed by atoms with Crippen LogP contribution in [-0.4, -0.2) is 19.7 Å². The maximum atomic E-state index is 11.2. The first-order valence-corrected chi connectivity index (χ1v) is 6.36. The quantitative estimate of drug-likeness (QED) is 0.516. The number of hydrogen-bond donors (Lipinski definition) is 2. The molecule has 0 fully saturated rings. The zero-order valence-electron chi connectivity index (χ0n) is 10.3. The van der Waals surface area contributed by atoms with Gasteiger partial charge >= 0.3 is 11.1 Å². The minimum absolute atomic E-state index is 0.272. The molecule has 3 rings (SSSR count). The number of nitrogen functional groups attached to an aromatic ring is 1. The van der Waals surface area contributed by atoms with Crippen LogP contribution in [0.3, 0.4) is 0 Å². The molecule has 0 aliphatic heterocycles. The average molecular weight is 291 g/mol. The second-order valence-electron chi connectivity index (χ2n) is 4.01. The summed E-state index contributed by atoms with van der Waals surface area (Å²) in [6.45, 7) is 0. The van der Waals surface area contributed by atoms with Gasteiger partial charge in [0.1, 0.15) is 5.52 Å². The fourth-order valence-corrected chi connectivity index (χ4v) is 2.34. The van der Waals surface area contributed by atoms with E-state index in [9.17, 15) is 9.59 Å². The molecule has 0 spiro atoms. The average Bonchev–Trinajstić information content (AvgIpc) is 2.77. The molecule has 0 atom stereocenters. The van der Waals surface area contributed by atoms with Crippen LogP contribution in [0.15, 0.2) is 42.6 Å². The molecule has 0 aliphatic carbocycles. The van der Waals surface area contributed by atoms with Crippen molar-refractivity contribution < 1.29 is 4.42 Å². The van der Waals surface area contributed by atoms with Crippen LogP contribution in [0.5, 0.6) is 0 Å². The first-order valence-electron chi connectivity index (χ1n) is 5.54. The van der Waals surface area contributed by atoms with Crippen molar-refractivity contribution in [2.24, 2.45) is 7.05 Å². The van der Waals surface area contributed by atoms with Gasteiger partial charge in [-0.05, 0) is 18.2 Å². The Balaban J connectivity index is 2.03. The number of aromatic amines is 1. The Bertz CT molecular complexity index is 910. The summed E-state index contributed by atoms with van der Waals surface area (Å²) in [5.41, 5.74) is 5.80. The smallest absolute Gasteiger partial charge is 0.339 e. The minimum Gasteiger partial charge on any atom is -0.431 e. The molecule has 2 heterocycles. The second kappa shape index (κ2) is 4.53. The van der Waals surface area contributed by atoms with Crippen molar-refractivity contribution in [3.8, 4) is 0 Å². The summed E-state index contributed by atoms with van der Waals surface area (Å²) in [4.78, 5) is 30.2. The van der Waals surface area contributed by atoms with Crippen LogP contribution in [0.4, 0.5) is 5.69 Å². The monoisotopic (exact) mass is 291 g/mol. The molecule has 0 unspecified atom stereocenters. The van der Waals surface area contributed by atoms with Gasteiger partial charge in [0.05, 0.1) is 0 Å². The van der Waals surface area contributed by atoms with Crippen LogP contribution in [0.25, 0.3) is 11.1 Å². The van der Waals surface area contributed by atoms with Gasteiger partial charge in [-0.15, -0.1) is 0 Å². The number of hydrogen-bond acceptors (Lipinski definition) is 7. The van der Waals surface area contributed by atoms with Crippen molar-refractivity contribution in [2.75, 3.05) is 5.73 Å². The molecule has 0 bridgehead atoms. The van der Waals surface area contributed by atoms with E-state index >= 15 is 0 Å². The maximum Gasteiger partial charge on any atom is 0.339 e. The molecule has 8 nitrogen and oxygen atoms in total. The van der Waals surface area contributed by atoms with Crippen LogP contribution < -0.4 is 16.9 Å². The summed E-state index contributed by atoms with van der Waals surface area (Å²) in [5.74, 6) is 0. The number of rotatable bonds is 2. The predicted molar refractivity (Wildman–Crippen MR) is 72.6 cm³/mol. The third-order valence-corrected chi connectivity index (χ3v) is 3.42. The Morgan fingerprint density at radius 2 is 2.15 bits per heavy atom. The number of nitrogens with zero attached hydrogens (tertiary/aromatic N) is 3. The molecule has 1 aromatic carbocycles. The Morgan fingerprint density at radius 3 is 2.95 bits per heavy atom. The largest absolute Gasteiger partial charge is 0.431 e. The fraction of sp³-hybridized carbons (Fsp3) is 0.0909. The Hall–Kier alpha value is -2.55. The first kappa shape index (κ1) is 12.5. The molecule has 9 heteroatoms. The number of H-pyrrole nitrogens is 1. The third kappa shape index (κ3) is 2.18. The van der Waals surface area contributed by atoms with Crippen LogP contribution in [-0.2, 0) is 7.05 Å². The molecule has 2 aromatic heterocycles. The van der Waals surface area contributed by atoms with E-state index in [-0.39, 0.29) is 5.16 Å². The van der Waals surface area contributed by atoms with E-state index in [4.69, 9.17) is 10.2 Å². The van der Waals surface area contributed by atoms with Crippen molar-refractivity contribution in [1.82, 2.24) is 19.7 Å². The summed E-state index contributed by atoms with van der Waals surface area (Å²) >= 11 is 1.03. The molecular formula is C11H9N5O3S. The lowest BCUT2D eigenvalue weighted by Crippen LogP contribution is -2.33. The van der Waals surface area contributed by atoms with Gasteiger partial charge in [0.25, 0.3) is 5.22 Å². The molecule has 102 valence electrons. The Kier molecular flexibility index (Phi) is 2.83. The number of anilines is 1. The predicted octanol–water partition coefficient (Wildman–Crippen LogP) is 0.343. The number of fused-ring (bicyclic) bond motifs is 1. The zero-order chi connectivity index (χ0) is 14.3. The van der Waals surface area contributed by atoms with Crippen LogP contribution in [0, 0.1) is 0 Å². The SMILES string of the molecule is Cn1[nH]c(=O)c(=O)nc1Sc1nc2cc(N)ccc2o1. The van der Waals surface area contributed by atoms with Gasteiger partial charge in [-0.3, -0.25) is 19.4 Å². The lowest BCUT2D eigenvalue weighted by molar-refractivity contribution is 0.485. The van der Waals surface area contributed by atoms with E-state index in [0.717, 1.165) is 11.8 Å². The molecule has 0 saturated heterocycles. The van der Waals surface area contributed by atoms with Crippen molar-refractivity contribution >= 4 is 28.5 Å². The lowest BCUT2D eigenvalue weighted by atomic mass is 10.3. The Labute approximate surface area is 115 Å². The van der Waals surface area contributed by atoms with Gasteiger partial charge in [-0.25, -0.2) is 4.98 Å². The molecule has 3 N–H and O–H groups in total. The summed E-state index contributed by atoms with van der Waals surface area (Å²) in [6, 6.07) is 5.10. The van der Waals surface area contributed by atoms with Crippen molar-refractivity contribution in [3.05, 3.63) is 38.9 Å². The normalized spacial score (nSPS) is 11.1. The molecular weight excluding hydrogens is 282 g/mol. The van der Waals surface area contributed by atoms with Gasteiger partial charge < -0.3 is 10.2 Å². The van der Waals surface area contributed by atoms with Gasteiger partial charge in [-0.2, -0.15) is 4.98 Å². The highest BCUT2D eigenvalue weighted by Crippen LogP contribution is 2.28. The number of nitrogens with one attached hydrogen (secondary N) is 1. The molecule has 0 saturated carbocycles. The summed E-state index contributed by atoms with van der Waals surface area (Å²) in [7, 11) is 1.57. The van der Waals surface area contributed by atoms with Gasteiger partial charge in [-0.1, -0.05) is 0 Å². The molecule has 0 amide bonds. The maximum absolute atomic E-state index is 11.2. The third-order valence-electron chi connectivity index (χ3n) is 2.52. The topological polar surface area (TPSA) is 120 Å². The summed E-state index contributed by atoms with van der Waals surface area (Å²) < 4.78 is 6.83. The molecule has 20 heavy (non-hydrogen) atoms. The van der Waals surface area contributed by atoms with E-state index in [1.165, 1.54) is 4.68 Å². The van der Waals surface area contributed by atoms with Crippen molar-refractivity contribution in [3.63, 3.8) is 0 Å². The van der Waals surface area contributed by atoms with Crippen LogP contribution in [0.2, 0.25) is 0 Å². The van der Waals surface area contributed by atoms with E-state index in [2.05, 4.69) is 15.1 Å². The lowest BCUT2D eigenvalue weighted by Gasteiger charge is -2.02. The van der Waals surface area contributed by atoms with Crippen molar-refractivity contribution in [2.45, 2.75) is 10.4 Å². The number of aromatic nitrogens is 4. The second-order valence-corrected chi connectivity index (χ2v) is 4.93. The van der Waals surface area contributed by atoms with Crippen LogP contribution >= 0.6 is 11.8 Å². The Morgan fingerprint density at radius 1 is 1.35 bits per heavy atom. The first-order chi connectivity index (χ1) is 9.52. The van der Waals surface area contributed by atoms with Gasteiger partial charge in [0.15, 0.2) is 10.7 Å². The number of nitrogens with two attached hydrogens (primary N) is 1. The standard InChI is InChI=1S/C11H9N5O3S/c1-16-10(14-8(17)9(18)15-16)20-11-13-6-4-5(12)2-3-7(6)19-11/h2-4H,12H2,1H3,(H,15,18). The highest BCUT2D eigenvalue weighted by Gasteiger charge is 2.12. The van der Waals surface area contributed by atoms with Crippen LogP contribution in [0.1, 0.15) is 0 Å². The molecule has 0 aliphatic rings. The van der Waals surface area contributed by atoms with E-state index in [1.807, 2.05) is 0 Å². The van der Waals surface area contributed by atoms with E-state index < -0.39 is 11.1 Å². The van der Waals surface area contributed by atoms with Gasteiger partial charge in [0, 0.05) is 24.5 Å². The number of oxazole rings is 1. The summed E-state index contributed by atoms with van der Waals surface area (Å²) in [5, 5.41) is 2.92. The van der Waals surface area contributed by atoms with Gasteiger partial charge in [0.2, 0.25) is 0 Å². The van der Waals surface area contributed by atoms with E-state index in [0.29, 0.717) is 22.0 Å². The molecule has 0 radical (unpaired) electrons. The highest BCUT2D eigenvalue weighted by atomic mass is 32.2. The van der Waals surface area contributed by atoms with E-state index in [1.54, 1.807) is 25.2 Å². The summed E-state index contributed by atoms with van der Waals surface area (Å²) in [6.07, 6.45) is 0. The minimum atomic E-state index is -0.856. The molecule has 3 aromatic rings. The number of aryl methyl sites for hydroxylation is 1. The van der Waals surface area contributed by atoms with Crippen molar-refractivity contribution in [1.29, 1.82) is 0 Å². The fourth-order valence-electron chi connectivity index (χ4n) is 1.60.